The fourth-order valence-corrected chi connectivity index (χ4v) is 1.19. The highest BCUT2D eigenvalue weighted by Crippen LogP contribution is 2.16. The molecule has 1 aromatic rings. The Morgan fingerprint density at radius 3 is 2.44 bits per heavy atom. The van der Waals surface area contributed by atoms with Crippen molar-refractivity contribution in [1.82, 2.24) is 0 Å². The first-order valence-corrected chi connectivity index (χ1v) is 5.44. The van der Waals surface area contributed by atoms with E-state index >= 15 is 0 Å². The first kappa shape index (κ1) is 12.5. The van der Waals surface area contributed by atoms with Crippen LogP contribution in [0, 0.1) is 12.3 Å². The molecule has 0 aliphatic carbocycles. The zero-order valence-electron chi connectivity index (χ0n) is 10.4. The molecule has 2 heteroatoms. The van der Waals surface area contributed by atoms with E-state index in [1.807, 2.05) is 52.0 Å². The largest absolute Gasteiger partial charge is 0.361 e. The molecule has 1 aromatic carbocycles. The molecule has 0 radical (unpaired) electrons. The molecule has 1 rings (SSSR count). The zero-order chi connectivity index (χ0) is 12.2. The summed E-state index contributed by atoms with van der Waals surface area (Å²) in [6, 6.07) is 7.97. The number of hydrogen-bond acceptors (Lipinski definition) is 2. The van der Waals surface area contributed by atoms with Crippen LogP contribution in [0.3, 0.4) is 0 Å². The van der Waals surface area contributed by atoms with E-state index in [9.17, 15) is 4.79 Å². The van der Waals surface area contributed by atoms with Gasteiger partial charge in [0.15, 0.2) is 5.78 Å². The monoisotopic (exact) mass is 217 g/mol. The molecule has 0 aliphatic rings. The van der Waals surface area contributed by atoms with Gasteiger partial charge in [0.25, 0.3) is 0 Å². The fraction of sp³-hybridized carbons (Fsp3) is 0.357. The second-order valence-electron chi connectivity index (χ2n) is 4.91. The lowest BCUT2D eigenvalue weighted by atomic mass is 9.91. The van der Waals surface area contributed by atoms with Crippen molar-refractivity contribution in [3.05, 3.63) is 42.1 Å². The Morgan fingerprint density at radius 2 is 1.88 bits per heavy atom. The van der Waals surface area contributed by atoms with Crippen molar-refractivity contribution in [1.29, 1.82) is 0 Å². The van der Waals surface area contributed by atoms with Gasteiger partial charge in [-0.15, -0.1) is 0 Å². The molecule has 0 heterocycles. The van der Waals surface area contributed by atoms with Crippen molar-refractivity contribution >= 4 is 11.5 Å². The Kier molecular flexibility index (Phi) is 3.88. The smallest absolute Gasteiger partial charge is 0.162 e. The highest BCUT2D eigenvalue weighted by atomic mass is 16.1. The summed E-state index contributed by atoms with van der Waals surface area (Å²) in [6.45, 7) is 7.76. The third-order valence-electron chi connectivity index (χ3n) is 2.36. The van der Waals surface area contributed by atoms with Gasteiger partial charge in [0.1, 0.15) is 0 Å². The molecule has 2 nitrogen and oxygen atoms in total. The van der Waals surface area contributed by atoms with Crippen LogP contribution in [0.5, 0.6) is 0 Å². The maximum absolute atomic E-state index is 11.6. The second-order valence-corrected chi connectivity index (χ2v) is 4.91. The van der Waals surface area contributed by atoms with Crippen LogP contribution in [0.4, 0.5) is 5.69 Å². The van der Waals surface area contributed by atoms with E-state index in [0.29, 0.717) is 0 Å². The van der Waals surface area contributed by atoms with Crippen molar-refractivity contribution in [3.8, 4) is 0 Å². The van der Waals surface area contributed by atoms with E-state index in [0.717, 1.165) is 11.3 Å². The van der Waals surface area contributed by atoms with Crippen molar-refractivity contribution < 1.29 is 4.79 Å². The zero-order valence-corrected chi connectivity index (χ0v) is 10.4. The van der Waals surface area contributed by atoms with Gasteiger partial charge in [-0.1, -0.05) is 39.0 Å². The van der Waals surface area contributed by atoms with Gasteiger partial charge in [-0.3, -0.25) is 4.79 Å². The molecule has 0 aliphatic heterocycles. The summed E-state index contributed by atoms with van der Waals surface area (Å²) in [5, 5.41) is 3.11. The molecule has 0 atom stereocenters. The Bertz CT molecular complexity index is 399. The van der Waals surface area contributed by atoms with Crippen molar-refractivity contribution in [3.63, 3.8) is 0 Å². The number of para-hydroxylation sites is 1. The molecule has 0 unspecified atom stereocenters. The highest BCUT2D eigenvalue weighted by Gasteiger charge is 2.17. The van der Waals surface area contributed by atoms with Gasteiger partial charge in [0.2, 0.25) is 0 Å². The summed E-state index contributed by atoms with van der Waals surface area (Å²) in [6.07, 6.45) is 3.29. The number of carbonyl (C=O) groups excluding carboxylic acids is 1. The molecule has 0 bridgehead atoms. The Balaban J connectivity index is 2.62. The standard InChI is InChI=1S/C14H19NO/c1-11-7-5-6-8-12(11)15-10-9-13(16)14(2,3)4/h5-10,15H,1-4H3/b10-9+. The van der Waals surface area contributed by atoms with Crippen LogP contribution in [0.2, 0.25) is 0 Å². The minimum Gasteiger partial charge on any atom is -0.361 e. The maximum atomic E-state index is 11.6. The Hall–Kier alpha value is -1.57. The van der Waals surface area contributed by atoms with E-state index in [-0.39, 0.29) is 11.2 Å². The molecule has 0 saturated heterocycles. The number of hydrogen-bond donors (Lipinski definition) is 1. The maximum Gasteiger partial charge on any atom is 0.162 e. The summed E-state index contributed by atoms with van der Waals surface area (Å²) >= 11 is 0. The molecule has 0 aromatic heterocycles. The average Bonchev–Trinajstić information content (AvgIpc) is 2.19. The topological polar surface area (TPSA) is 29.1 Å². The predicted octanol–water partition coefficient (Wildman–Crippen LogP) is 3.54. The lowest BCUT2D eigenvalue weighted by Crippen LogP contribution is -2.17. The lowest BCUT2D eigenvalue weighted by molar-refractivity contribution is -0.121. The molecule has 0 fully saturated rings. The van der Waals surface area contributed by atoms with Crippen LogP contribution in [0.25, 0.3) is 0 Å². The van der Waals surface area contributed by atoms with Crippen LogP contribution in [-0.4, -0.2) is 5.78 Å². The molecule has 0 spiro atoms. The number of allylic oxidation sites excluding steroid dienone is 1. The number of anilines is 1. The van der Waals surface area contributed by atoms with Crippen molar-refractivity contribution in [2.75, 3.05) is 5.32 Å². The minimum absolute atomic E-state index is 0.119. The van der Waals surface area contributed by atoms with E-state index < -0.39 is 0 Å². The number of ketones is 1. The van der Waals surface area contributed by atoms with Gasteiger partial charge in [0.05, 0.1) is 0 Å². The van der Waals surface area contributed by atoms with Gasteiger partial charge < -0.3 is 5.32 Å². The molecule has 1 N–H and O–H groups in total. The first-order chi connectivity index (χ1) is 7.41. The van der Waals surface area contributed by atoms with Crippen LogP contribution in [-0.2, 0) is 4.79 Å². The summed E-state index contributed by atoms with van der Waals surface area (Å²) in [5.41, 5.74) is 1.88. The number of aryl methyl sites for hydroxylation is 1. The van der Waals surface area contributed by atoms with E-state index in [2.05, 4.69) is 5.32 Å². The highest BCUT2D eigenvalue weighted by molar-refractivity contribution is 5.94. The Labute approximate surface area is 97.4 Å². The summed E-state index contributed by atoms with van der Waals surface area (Å²) in [4.78, 5) is 11.6. The molecule has 16 heavy (non-hydrogen) atoms. The minimum atomic E-state index is -0.316. The van der Waals surface area contributed by atoms with Gasteiger partial charge in [-0.05, 0) is 24.6 Å². The van der Waals surface area contributed by atoms with Crippen molar-refractivity contribution in [2.45, 2.75) is 27.7 Å². The molecular formula is C14H19NO. The SMILES string of the molecule is Cc1ccccc1N/C=C/C(=O)C(C)(C)C. The van der Waals surface area contributed by atoms with Gasteiger partial charge in [0, 0.05) is 17.3 Å². The molecule has 86 valence electrons. The van der Waals surface area contributed by atoms with E-state index in [1.165, 1.54) is 0 Å². The Morgan fingerprint density at radius 1 is 1.25 bits per heavy atom. The fourth-order valence-electron chi connectivity index (χ4n) is 1.19. The number of rotatable bonds is 3. The number of benzene rings is 1. The van der Waals surface area contributed by atoms with Crippen LogP contribution in [0.15, 0.2) is 36.5 Å². The molecule has 0 amide bonds. The summed E-state index contributed by atoms with van der Waals surface area (Å²) < 4.78 is 0. The van der Waals surface area contributed by atoms with E-state index in [1.54, 1.807) is 12.3 Å². The van der Waals surface area contributed by atoms with Gasteiger partial charge in [-0.25, -0.2) is 0 Å². The number of nitrogens with one attached hydrogen (secondary N) is 1. The third kappa shape index (κ3) is 3.54. The third-order valence-corrected chi connectivity index (χ3v) is 2.36. The normalized spacial score (nSPS) is 11.8. The summed E-state index contributed by atoms with van der Waals surface area (Å²) in [7, 11) is 0. The van der Waals surface area contributed by atoms with Gasteiger partial charge >= 0.3 is 0 Å². The average molecular weight is 217 g/mol. The predicted molar refractivity (Wildman–Crippen MR) is 68.4 cm³/mol. The van der Waals surface area contributed by atoms with E-state index in [4.69, 9.17) is 0 Å². The van der Waals surface area contributed by atoms with Gasteiger partial charge in [-0.2, -0.15) is 0 Å². The van der Waals surface area contributed by atoms with Crippen LogP contribution < -0.4 is 5.32 Å². The van der Waals surface area contributed by atoms with Crippen molar-refractivity contribution in [2.24, 2.45) is 5.41 Å². The summed E-state index contributed by atoms with van der Waals surface area (Å²) in [5.74, 6) is 0.119. The number of carbonyl (C=O) groups is 1. The van der Waals surface area contributed by atoms with Crippen LogP contribution >= 0.6 is 0 Å². The molecule has 0 saturated carbocycles. The quantitative estimate of drug-likeness (QED) is 0.785. The lowest BCUT2D eigenvalue weighted by Gasteiger charge is -2.13. The van der Waals surface area contributed by atoms with Crippen LogP contribution in [0.1, 0.15) is 26.3 Å². The first-order valence-electron chi connectivity index (χ1n) is 5.44. The molecular weight excluding hydrogens is 198 g/mol. The second kappa shape index (κ2) is 4.97.